The molecule has 0 bridgehead atoms. The predicted molar refractivity (Wildman–Crippen MR) is 121 cm³/mol. The molecule has 1 aliphatic rings. The first-order chi connectivity index (χ1) is 14.9. The van der Waals surface area contributed by atoms with Gasteiger partial charge in [-0.1, -0.05) is 29.8 Å². The van der Waals surface area contributed by atoms with Gasteiger partial charge in [0.25, 0.3) is 5.91 Å². The van der Waals surface area contributed by atoms with Crippen molar-refractivity contribution in [3.05, 3.63) is 52.4 Å². The Balaban J connectivity index is 1.50. The maximum atomic E-state index is 13.1. The van der Waals surface area contributed by atoms with E-state index in [1.54, 1.807) is 11.0 Å². The second-order valence-corrected chi connectivity index (χ2v) is 10.3. The van der Waals surface area contributed by atoms with E-state index in [1.165, 1.54) is 42.0 Å². The number of carbonyl (C=O) groups excluding carboxylic acids is 1. The first kappa shape index (κ1) is 21.9. The molecule has 0 unspecified atom stereocenters. The average molecular weight is 481 g/mol. The number of benzene rings is 2. The molecule has 2 aromatic carbocycles. The molecular formula is C21H21ClN2O5S2. The van der Waals surface area contributed by atoms with Crippen LogP contribution in [0.1, 0.15) is 9.67 Å². The first-order valence-corrected chi connectivity index (χ1v) is 12.2. The fourth-order valence-corrected chi connectivity index (χ4v) is 6.47. The molecule has 1 amide bonds. The highest BCUT2D eigenvalue weighted by Gasteiger charge is 2.32. The quantitative estimate of drug-likeness (QED) is 0.556. The van der Waals surface area contributed by atoms with E-state index in [0.717, 1.165) is 10.1 Å². The van der Waals surface area contributed by atoms with E-state index in [2.05, 4.69) is 0 Å². The van der Waals surface area contributed by atoms with E-state index in [-0.39, 0.29) is 37.0 Å². The molecule has 4 rings (SSSR count). The standard InChI is InChI=1S/C21H21ClN2O5S2/c1-28-16-8-7-14(13-17(16)29-2)31(26,27)24-11-9-23(10-12-24)21(25)20-19(22)15-5-3-4-6-18(15)30-20/h3-8,13H,9-12H2,1-2H3. The van der Waals surface area contributed by atoms with Gasteiger partial charge in [0, 0.05) is 42.3 Å². The zero-order valence-corrected chi connectivity index (χ0v) is 19.4. The molecule has 7 nitrogen and oxygen atoms in total. The van der Waals surface area contributed by atoms with Gasteiger partial charge in [0.2, 0.25) is 10.0 Å². The summed E-state index contributed by atoms with van der Waals surface area (Å²) in [6.45, 7) is 0.974. The molecule has 0 saturated carbocycles. The molecule has 31 heavy (non-hydrogen) atoms. The molecular weight excluding hydrogens is 460 g/mol. The summed E-state index contributed by atoms with van der Waals surface area (Å²) in [5.74, 6) is 0.628. The lowest BCUT2D eigenvalue weighted by Gasteiger charge is -2.34. The van der Waals surface area contributed by atoms with Crippen molar-refractivity contribution < 1.29 is 22.7 Å². The number of rotatable bonds is 5. The Hall–Kier alpha value is -2.33. The lowest BCUT2D eigenvalue weighted by atomic mass is 10.2. The van der Waals surface area contributed by atoms with Crippen LogP contribution in [0.2, 0.25) is 5.02 Å². The molecule has 164 valence electrons. The highest BCUT2D eigenvalue weighted by Crippen LogP contribution is 2.36. The third kappa shape index (κ3) is 3.98. The molecule has 0 spiro atoms. The number of nitrogens with zero attached hydrogens (tertiary/aromatic N) is 2. The number of hydrogen-bond acceptors (Lipinski definition) is 6. The van der Waals surface area contributed by atoms with Crippen LogP contribution in [0.25, 0.3) is 10.1 Å². The number of carbonyl (C=O) groups is 1. The van der Waals surface area contributed by atoms with Crippen LogP contribution in [0, 0.1) is 0 Å². The van der Waals surface area contributed by atoms with Gasteiger partial charge in [0.1, 0.15) is 4.88 Å². The Morgan fingerprint density at radius 1 is 1.00 bits per heavy atom. The fourth-order valence-electron chi connectivity index (χ4n) is 3.55. The van der Waals surface area contributed by atoms with Crippen molar-refractivity contribution in [3.63, 3.8) is 0 Å². The van der Waals surface area contributed by atoms with Gasteiger partial charge in [-0.3, -0.25) is 4.79 Å². The van der Waals surface area contributed by atoms with Crippen molar-refractivity contribution in [1.29, 1.82) is 0 Å². The second-order valence-electron chi connectivity index (χ2n) is 6.95. The molecule has 1 saturated heterocycles. The smallest absolute Gasteiger partial charge is 0.265 e. The maximum absolute atomic E-state index is 13.1. The monoisotopic (exact) mass is 480 g/mol. The van der Waals surface area contributed by atoms with Gasteiger partial charge in [0.15, 0.2) is 11.5 Å². The van der Waals surface area contributed by atoms with Crippen LogP contribution < -0.4 is 9.47 Å². The lowest BCUT2D eigenvalue weighted by molar-refractivity contribution is 0.0703. The third-order valence-corrected chi connectivity index (χ3v) is 8.81. The Labute approximate surface area is 189 Å². The molecule has 10 heteroatoms. The highest BCUT2D eigenvalue weighted by molar-refractivity contribution is 7.89. The zero-order valence-electron chi connectivity index (χ0n) is 17.0. The summed E-state index contributed by atoms with van der Waals surface area (Å²) in [6.07, 6.45) is 0. The number of piperazine rings is 1. The SMILES string of the molecule is COc1ccc(S(=O)(=O)N2CCN(C(=O)c3sc4ccccc4c3Cl)CC2)cc1OC. The van der Waals surface area contributed by atoms with E-state index >= 15 is 0 Å². The van der Waals surface area contributed by atoms with Crippen molar-refractivity contribution in [2.24, 2.45) is 0 Å². The molecule has 3 aromatic rings. The Morgan fingerprint density at radius 2 is 1.68 bits per heavy atom. The van der Waals surface area contributed by atoms with Crippen molar-refractivity contribution in [3.8, 4) is 11.5 Å². The van der Waals surface area contributed by atoms with Crippen molar-refractivity contribution in [2.45, 2.75) is 4.90 Å². The van der Waals surface area contributed by atoms with Crippen LogP contribution in [0.5, 0.6) is 11.5 Å². The van der Waals surface area contributed by atoms with E-state index in [4.69, 9.17) is 21.1 Å². The molecule has 0 N–H and O–H groups in total. The number of fused-ring (bicyclic) bond motifs is 1. The zero-order chi connectivity index (χ0) is 22.2. The van der Waals surface area contributed by atoms with E-state index < -0.39 is 10.0 Å². The maximum Gasteiger partial charge on any atom is 0.265 e. The van der Waals surface area contributed by atoms with Gasteiger partial charge < -0.3 is 14.4 Å². The van der Waals surface area contributed by atoms with E-state index in [0.29, 0.717) is 21.4 Å². The largest absolute Gasteiger partial charge is 0.493 e. The van der Waals surface area contributed by atoms with Crippen molar-refractivity contribution in [2.75, 3.05) is 40.4 Å². The minimum atomic E-state index is -3.73. The summed E-state index contributed by atoms with van der Waals surface area (Å²) < 4.78 is 38.9. The second kappa shape index (κ2) is 8.66. The van der Waals surface area contributed by atoms with Crippen molar-refractivity contribution >= 4 is 49.0 Å². The number of methoxy groups -OCH3 is 2. The lowest BCUT2D eigenvalue weighted by Crippen LogP contribution is -2.50. The van der Waals surface area contributed by atoms with Crippen LogP contribution >= 0.6 is 22.9 Å². The minimum absolute atomic E-state index is 0.123. The van der Waals surface area contributed by atoms with Gasteiger partial charge in [-0.15, -0.1) is 11.3 Å². The number of halogens is 1. The Morgan fingerprint density at radius 3 is 2.32 bits per heavy atom. The van der Waals surface area contributed by atoms with Gasteiger partial charge >= 0.3 is 0 Å². The van der Waals surface area contributed by atoms with Crippen LogP contribution in [-0.2, 0) is 10.0 Å². The van der Waals surface area contributed by atoms with E-state index in [1.807, 2.05) is 24.3 Å². The number of sulfonamides is 1. The molecule has 2 heterocycles. The van der Waals surface area contributed by atoms with Gasteiger partial charge in [0.05, 0.1) is 24.1 Å². The fraction of sp³-hybridized carbons (Fsp3) is 0.286. The summed E-state index contributed by atoms with van der Waals surface area (Å²) in [4.78, 5) is 15.3. The normalized spacial score (nSPS) is 15.3. The number of amides is 1. The Kier molecular flexibility index (Phi) is 6.11. The molecule has 0 radical (unpaired) electrons. The molecule has 0 atom stereocenters. The van der Waals surface area contributed by atoms with Gasteiger partial charge in [-0.25, -0.2) is 8.42 Å². The van der Waals surface area contributed by atoms with Crippen molar-refractivity contribution in [1.82, 2.24) is 9.21 Å². The molecule has 1 aliphatic heterocycles. The average Bonchev–Trinajstić information content (AvgIpc) is 3.14. The summed E-state index contributed by atoms with van der Waals surface area (Å²) in [6, 6.07) is 12.1. The van der Waals surface area contributed by atoms with Crippen LogP contribution in [-0.4, -0.2) is 63.9 Å². The number of thiophene rings is 1. The molecule has 0 aliphatic carbocycles. The summed E-state index contributed by atoms with van der Waals surface area (Å²) in [5, 5.41) is 1.30. The highest BCUT2D eigenvalue weighted by atomic mass is 35.5. The molecule has 1 aromatic heterocycles. The minimum Gasteiger partial charge on any atom is -0.493 e. The first-order valence-electron chi connectivity index (χ1n) is 9.55. The number of ether oxygens (including phenoxy) is 2. The summed E-state index contributed by atoms with van der Waals surface area (Å²) >= 11 is 7.80. The van der Waals surface area contributed by atoms with Crippen LogP contribution in [0.4, 0.5) is 0 Å². The summed E-state index contributed by atoms with van der Waals surface area (Å²) in [5.41, 5.74) is 0. The van der Waals surface area contributed by atoms with Gasteiger partial charge in [-0.2, -0.15) is 4.31 Å². The third-order valence-electron chi connectivity index (χ3n) is 5.25. The topological polar surface area (TPSA) is 76.2 Å². The van der Waals surface area contributed by atoms with Crippen LogP contribution in [0.3, 0.4) is 0 Å². The predicted octanol–water partition coefficient (Wildman–Crippen LogP) is 3.72. The van der Waals surface area contributed by atoms with Gasteiger partial charge in [-0.05, 0) is 18.2 Å². The van der Waals surface area contributed by atoms with E-state index in [9.17, 15) is 13.2 Å². The summed E-state index contributed by atoms with van der Waals surface area (Å²) in [7, 11) is -0.778. The number of hydrogen-bond donors (Lipinski definition) is 0. The van der Waals surface area contributed by atoms with Crippen LogP contribution in [0.15, 0.2) is 47.4 Å². The molecule has 1 fully saturated rings. The Bertz CT molecular complexity index is 1230.